The van der Waals surface area contributed by atoms with Gasteiger partial charge in [0, 0.05) is 33.1 Å². The topological polar surface area (TPSA) is 71.1 Å². The third-order valence-corrected chi connectivity index (χ3v) is 3.79. The lowest BCUT2D eigenvalue weighted by molar-refractivity contribution is -0.130. The van der Waals surface area contributed by atoms with Gasteiger partial charge in [0.25, 0.3) is 0 Å². The van der Waals surface area contributed by atoms with Crippen LogP contribution in [0, 0.1) is 0 Å². The highest BCUT2D eigenvalue weighted by atomic mass is 16.5. The zero-order chi connectivity index (χ0) is 17.4. The summed E-state index contributed by atoms with van der Waals surface area (Å²) in [6.45, 7) is 7.24. The van der Waals surface area contributed by atoms with Crippen LogP contribution in [-0.4, -0.2) is 67.7 Å². The van der Waals surface area contributed by atoms with Crippen LogP contribution in [0.2, 0.25) is 0 Å². The lowest BCUT2D eigenvalue weighted by atomic mass is 10.3. The number of urea groups is 1. The van der Waals surface area contributed by atoms with Crippen molar-refractivity contribution in [1.82, 2.24) is 15.1 Å². The minimum Gasteiger partial charge on any atom is -0.494 e. The van der Waals surface area contributed by atoms with E-state index in [0.29, 0.717) is 45.9 Å². The fourth-order valence-electron chi connectivity index (χ4n) is 2.46. The van der Waals surface area contributed by atoms with E-state index in [1.165, 1.54) is 0 Å². The number of piperazine rings is 1. The van der Waals surface area contributed by atoms with Crippen molar-refractivity contribution in [1.29, 1.82) is 0 Å². The van der Waals surface area contributed by atoms with E-state index in [9.17, 15) is 9.59 Å². The van der Waals surface area contributed by atoms with Crippen molar-refractivity contribution in [2.24, 2.45) is 0 Å². The normalized spacial score (nSPS) is 14.2. The van der Waals surface area contributed by atoms with Crippen LogP contribution in [0.25, 0.3) is 0 Å². The van der Waals surface area contributed by atoms with Gasteiger partial charge in [-0.3, -0.25) is 4.79 Å². The van der Waals surface area contributed by atoms with E-state index in [4.69, 9.17) is 9.47 Å². The van der Waals surface area contributed by atoms with Gasteiger partial charge in [0.15, 0.2) is 0 Å². The van der Waals surface area contributed by atoms with E-state index in [0.717, 1.165) is 11.5 Å². The molecule has 1 N–H and O–H groups in total. The summed E-state index contributed by atoms with van der Waals surface area (Å²) in [6, 6.07) is 7.27. The summed E-state index contributed by atoms with van der Waals surface area (Å²) >= 11 is 0. The first-order chi connectivity index (χ1) is 11.6. The average Bonchev–Trinajstić information content (AvgIpc) is 2.60. The maximum Gasteiger partial charge on any atom is 0.317 e. The molecule has 0 unspecified atom stereocenters. The second-order valence-corrected chi connectivity index (χ2v) is 5.48. The first-order valence-electron chi connectivity index (χ1n) is 8.24. The zero-order valence-electron chi connectivity index (χ0n) is 14.3. The molecule has 1 aliphatic rings. The van der Waals surface area contributed by atoms with E-state index < -0.39 is 0 Å². The van der Waals surface area contributed by atoms with Gasteiger partial charge >= 0.3 is 6.03 Å². The number of nitrogens with one attached hydrogen (secondary N) is 1. The van der Waals surface area contributed by atoms with E-state index in [1.807, 2.05) is 31.2 Å². The molecule has 0 saturated carbocycles. The molecule has 2 rings (SSSR count). The predicted molar refractivity (Wildman–Crippen MR) is 90.3 cm³/mol. The van der Waals surface area contributed by atoms with Crippen molar-refractivity contribution in [3.63, 3.8) is 0 Å². The van der Waals surface area contributed by atoms with Gasteiger partial charge < -0.3 is 24.6 Å². The highest BCUT2D eigenvalue weighted by Gasteiger charge is 2.21. The Morgan fingerprint density at radius 3 is 2.08 bits per heavy atom. The zero-order valence-corrected chi connectivity index (χ0v) is 14.3. The molecule has 132 valence electrons. The maximum absolute atomic E-state index is 12.0. The molecule has 1 aliphatic heterocycles. The third-order valence-electron chi connectivity index (χ3n) is 3.79. The largest absolute Gasteiger partial charge is 0.494 e. The summed E-state index contributed by atoms with van der Waals surface area (Å²) in [4.78, 5) is 26.8. The SMILES string of the molecule is CCOc1ccc(OCCNC(=O)N2CCN(C(C)=O)CC2)cc1. The van der Waals surface area contributed by atoms with Crippen LogP contribution in [0.15, 0.2) is 24.3 Å². The van der Waals surface area contributed by atoms with Crippen molar-refractivity contribution in [3.05, 3.63) is 24.3 Å². The molecule has 1 saturated heterocycles. The molecule has 0 spiro atoms. The standard InChI is InChI=1S/C17H25N3O4/c1-3-23-15-4-6-16(7-5-15)24-13-8-18-17(22)20-11-9-19(10-12-20)14(2)21/h4-7H,3,8-13H2,1-2H3,(H,18,22). The molecule has 0 aromatic heterocycles. The quantitative estimate of drug-likeness (QED) is 0.797. The van der Waals surface area contributed by atoms with Crippen molar-refractivity contribution in [2.75, 3.05) is 45.9 Å². The average molecular weight is 335 g/mol. The lowest BCUT2D eigenvalue weighted by Crippen LogP contribution is -2.53. The summed E-state index contributed by atoms with van der Waals surface area (Å²) in [6.07, 6.45) is 0. The number of benzene rings is 1. The minimum absolute atomic E-state index is 0.0545. The molecule has 3 amide bonds. The number of carbonyl (C=O) groups is 2. The molecule has 1 aromatic carbocycles. The van der Waals surface area contributed by atoms with Crippen LogP contribution in [0.5, 0.6) is 11.5 Å². The lowest BCUT2D eigenvalue weighted by Gasteiger charge is -2.34. The Hall–Kier alpha value is -2.44. The van der Waals surface area contributed by atoms with E-state index in [2.05, 4.69) is 5.32 Å². The molecule has 1 aromatic rings. The van der Waals surface area contributed by atoms with Crippen molar-refractivity contribution in [2.45, 2.75) is 13.8 Å². The number of carbonyl (C=O) groups excluding carboxylic acids is 2. The maximum atomic E-state index is 12.0. The Balaban J connectivity index is 1.63. The van der Waals surface area contributed by atoms with Gasteiger partial charge in [-0.05, 0) is 31.2 Å². The highest BCUT2D eigenvalue weighted by molar-refractivity contribution is 5.76. The van der Waals surface area contributed by atoms with Crippen LogP contribution in [0.4, 0.5) is 4.79 Å². The Kier molecular flexibility index (Phi) is 6.72. The molecule has 1 fully saturated rings. The van der Waals surface area contributed by atoms with Crippen molar-refractivity contribution >= 4 is 11.9 Å². The van der Waals surface area contributed by atoms with Crippen molar-refractivity contribution < 1.29 is 19.1 Å². The third kappa shape index (κ3) is 5.33. The monoisotopic (exact) mass is 335 g/mol. The molecule has 7 nitrogen and oxygen atoms in total. The summed E-state index contributed by atoms with van der Waals surface area (Å²) in [5.74, 6) is 1.60. The number of ether oxygens (including phenoxy) is 2. The molecule has 7 heteroatoms. The Labute approximate surface area is 142 Å². The fraction of sp³-hybridized carbons (Fsp3) is 0.529. The van der Waals surface area contributed by atoms with Gasteiger partial charge in [0.1, 0.15) is 18.1 Å². The van der Waals surface area contributed by atoms with Crippen LogP contribution < -0.4 is 14.8 Å². The van der Waals surface area contributed by atoms with Crippen LogP contribution in [0.1, 0.15) is 13.8 Å². The molecular formula is C17H25N3O4. The molecule has 0 atom stereocenters. The summed E-state index contributed by atoms with van der Waals surface area (Å²) in [5.41, 5.74) is 0. The fourth-order valence-corrected chi connectivity index (χ4v) is 2.46. The predicted octanol–water partition coefficient (Wildman–Crippen LogP) is 1.34. The smallest absolute Gasteiger partial charge is 0.317 e. The van der Waals surface area contributed by atoms with Gasteiger partial charge in [-0.1, -0.05) is 0 Å². The van der Waals surface area contributed by atoms with Gasteiger partial charge in [-0.2, -0.15) is 0 Å². The molecule has 1 heterocycles. The first-order valence-corrected chi connectivity index (χ1v) is 8.24. The summed E-state index contributed by atoms with van der Waals surface area (Å²) in [7, 11) is 0. The number of amides is 3. The second-order valence-electron chi connectivity index (χ2n) is 5.48. The molecular weight excluding hydrogens is 310 g/mol. The van der Waals surface area contributed by atoms with E-state index in [1.54, 1.807) is 16.7 Å². The molecule has 0 radical (unpaired) electrons. The molecule has 24 heavy (non-hydrogen) atoms. The molecule has 0 bridgehead atoms. The number of hydrogen-bond acceptors (Lipinski definition) is 4. The van der Waals surface area contributed by atoms with Gasteiger partial charge in [-0.15, -0.1) is 0 Å². The first kappa shape index (κ1) is 17.9. The van der Waals surface area contributed by atoms with Crippen LogP contribution in [0.3, 0.4) is 0 Å². The van der Waals surface area contributed by atoms with Crippen LogP contribution >= 0.6 is 0 Å². The highest BCUT2D eigenvalue weighted by Crippen LogP contribution is 2.17. The van der Waals surface area contributed by atoms with Gasteiger partial charge in [-0.25, -0.2) is 4.79 Å². The second kappa shape index (κ2) is 9.00. The van der Waals surface area contributed by atoms with Gasteiger partial charge in [0.2, 0.25) is 5.91 Å². The minimum atomic E-state index is -0.117. The Morgan fingerprint density at radius 2 is 1.54 bits per heavy atom. The number of rotatable bonds is 6. The Morgan fingerprint density at radius 1 is 1.00 bits per heavy atom. The Bertz CT molecular complexity index is 539. The summed E-state index contributed by atoms with van der Waals surface area (Å²) < 4.78 is 10.9. The van der Waals surface area contributed by atoms with E-state index in [-0.39, 0.29) is 11.9 Å². The number of hydrogen-bond donors (Lipinski definition) is 1. The number of nitrogens with zero attached hydrogens (tertiary/aromatic N) is 2. The van der Waals surface area contributed by atoms with E-state index >= 15 is 0 Å². The van der Waals surface area contributed by atoms with Crippen LogP contribution in [-0.2, 0) is 4.79 Å². The summed E-state index contributed by atoms with van der Waals surface area (Å²) in [5, 5.41) is 2.83. The van der Waals surface area contributed by atoms with Gasteiger partial charge in [0.05, 0.1) is 13.2 Å². The molecule has 0 aliphatic carbocycles. The van der Waals surface area contributed by atoms with Crippen molar-refractivity contribution in [3.8, 4) is 11.5 Å².